The second-order valence-corrected chi connectivity index (χ2v) is 5.44. The number of hydrogen-bond donors (Lipinski definition) is 1. The number of nitrogens with one attached hydrogen (secondary N) is 1. The van der Waals surface area contributed by atoms with Gasteiger partial charge in [0.15, 0.2) is 0 Å². The average Bonchev–Trinajstić information content (AvgIpc) is 2.35. The molecule has 0 aliphatic rings. The molecule has 1 aromatic carbocycles. The van der Waals surface area contributed by atoms with E-state index < -0.39 is 0 Å². The zero-order valence-electron chi connectivity index (χ0n) is 10.6. The van der Waals surface area contributed by atoms with E-state index in [4.69, 9.17) is 16.3 Å². The van der Waals surface area contributed by atoms with E-state index >= 15 is 0 Å². The first-order valence-electron chi connectivity index (χ1n) is 5.77. The van der Waals surface area contributed by atoms with Crippen LogP contribution in [0.25, 0.3) is 0 Å². The molecule has 1 unspecified atom stereocenters. The van der Waals surface area contributed by atoms with Crippen molar-refractivity contribution in [3.8, 4) is 0 Å². The molecular formula is C13H20ClNOS. The van der Waals surface area contributed by atoms with Gasteiger partial charge < -0.3 is 10.1 Å². The molecule has 0 aliphatic carbocycles. The van der Waals surface area contributed by atoms with Crippen molar-refractivity contribution in [2.45, 2.75) is 24.3 Å². The number of halogens is 1. The van der Waals surface area contributed by atoms with E-state index in [-0.39, 0.29) is 0 Å². The summed E-state index contributed by atoms with van der Waals surface area (Å²) in [6.45, 7) is 2.93. The van der Waals surface area contributed by atoms with Gasteiger partial charge in [0.2, 0.25) is 0 Å². The molecule has 0 fully saturated rings. The van der Waals surface area contributed by atoms with Crippen molar-refractivity contribution in [2.24, 2.45) is 0 Å². The molecule has 0 aliphatic heterocycles. The lowest BCUT2D eigenvalue weighted by molar-refractivity contribution is 0.200. The van der Waals surface area contributed by atoms with Crippen LogP contribution in [0.1, 0.15) is 24.9 Å². The van der Waals surface area contributed by atoms with Crippen LogP contribution in [0.2, 0.25) is 5.02 Å². The van der Waals surface area contributed by atoms with Gasteiger partial charge in [-0.25, -0.2) is 0 Å². The number of ether oxygens (including phenoxy) is 1. The summed E-state index contributed by atoms with van der Waals surface area (Å²) in [6, 6.07) is 6.61. The van der Waals surface area contributed by atoms with E-state index in [9.17, 15) is 0 Å². The lowest BCUT2D eigenvalue weighted by atomic mass is 10.1. The topological polar surface area (TPSA) is 21.3 Å². The van der Waals surface area contributed by atoms with Gasteiger partial charge in [-0.3, -0.25) is 0 Å². The maximum atomic E-state index is 6.26. The van der Waals surface area contributed by atoms with E-state index in [1.165, 1.54) is 5.56 Å². The molecule has 0 amide bonds. The van der Waals surface area contributed by atoms with E-state index in [1.54, 1.807) is 18.9 Å². The highest BCUT2D eigenvalue weighted by Crippen LogP contribution is 2.30. The zero-order chi connectivity index (χ0) is 12.7. The van der Waals surface area contributed by atoms with Crippen LogP contribution >= 0.6 is 23.4 Å². The Balaban J connectivity index is 2.57. The monoisotopic (exact) mass is 273 g/mol. The number of thioether (sulfide) groups is 1. The van der Waals surface area contributed by atoms with Crippen LogP contribution in [-0.2, 0) is 4.74 Å². The predicted molar refractivity (Wildman–Crippen MR) is 76.1 cm³/mol. The van der Waals surface area contributed by atoms with Gasteiger partial charge in [-0.05, 0) is 38.1 Å². The highest BCUT2D eigenvalue weighted by Gasteiger charge is 2.06. The summed E-state index contributed by atoms with van der Waals surface area (Å²) in [6.07, 6.45) is 1.05. The first-order chi connectivity index (χ1) is 8.19. The van der Waals surface area contributed by atoms with Crippen molar-refractivity contribution in [2.75, 3.05) is 26.5 Å². The standard InChI is InChI=1S/C13H20ClNOS/c1-10(15-2)11-5-6-13(12(14)9-11)17-8-4-7-16-3/h5-6,9-10,15H,4,7-8H2,1-3H3. The van der Waals surface area contributed by atoms with E-state index in [0.717, 1.165) is 28.7 Å². The van der Waals surface area contributed by atoms with Crippen LogP contribution in [0.15, 0.2) is 23.1 Å². The SMILES string of the molecule is CNC(C)c1ccc(SCCCOC)c(Cl)c1. The Morgan fingerprint density at radius 1 is 1.47 bits per heavy atom. The molecule has 96 valence electrons. The molecule has 0 spiro atoms. The fraction of sp³-hybridized carbons (Fsp3) is 0.538. The summed E-state index contributed by atoms with van der Waals surface area (Å²) in [5.74, 6) is 1.04. The Bertz CT molecular complexity index is 346. The van der Waals surface area contributed by atoms with Gasteiger partial charge >= 0.3 is 0 Å². The molecule has 0 heterocycles. The molecule has 1 rings (SSSR count). The predicted octanol–water partition coefficient (Wildman–Crippen LogP) is 3.75. The van der Waals surface area contributed by atoms with E-state index in [0.29, 0.717) is 6.04 Å². The Morgan fingerprint density at radius 3 is 2.82 bits per heavy atom. The molecule has 0 aromatic heterocycles. The van der Waals surface area contributed by atoms with Crippen molar-refractivity contribution < 1.29 is 4.74 Å². The third kappa shape index (κ3) is 4.88. The molecule has 0 bridgehead atoms. The minimum atomic E-state index is 0.333. The Kier molecular flexibility index (Phi) is 6.97. The lowest BCUT2D eigenvalue weighted by Crippen LogP contribution is -2.12. The number of hydrogen-bond acceptors (Lipinski definition) is 3. The third-order valence-electron chi connectivity index (χ3n) is 2.64. The van der Waals surface area contributed by atoms with Crippen molar-refractivity contribution >= 4 is 23.4 Å². The Morgan fingerprint density at radius 2 is 2.24 bits per heavy atom. The summed E-state index contributed by atoms with van der Waals surface area (Å²) in [5.41, 5.74) is 1.22. The molecule has 0 saturated heterocycles. The molecule has 1 N–H and O–H groups in total. The molecule has 0 radical (unpaired) electrons. The molecular weight excluding hydrogens is 254 g/mol. The number of methoxy groups -OCH3 is 1. The van der Waals surface area contributed by atoms with Crippen molar-refractivity contribution in [3.05, 3.63) is 28.8 Å². The van der Waals surface area contributed by atoms with Gasteiger partial charge in [-0.1, -0.05) is 17.7 Å². The minimum Gasteiger partial charge on any atom is -0.385 e. The van der Waals surface area contributed by atoms with Crippen molar-refractivity contribution in [1.82, 2.24) is 5.32 Å². The zero-order valence-corrected chi connectivity index (χ0v) is 12.2. The maximum absolute atomic E-state index is 6.26. The lowest BCUT2D eigenvalue weighted by Gasteiger charge is -2.12. The van der Waals surface area contributed by atoms with Crippen LogP contribution in [0.3, 0.4) is 0 Å². The quantitative estimate of drug-likeness (QED) is 0.604. The van der Waals surface area contributed by atoms with Gasteiger partial charge in [-0.2, -0.15) is 0 Å². The molecule has 1 atom stereocenters. The van der Waals surface area contributed by atoms with Gasteiger partial charge in [0, 0.05) is 30.4 Å². The number of benzene rings is 1. The van der Waals surface area contributed by atoms with Gasteiger partial charge in [0.25, 0.3) is 0 Å². The van der Waals surface area contributed by atoms with E-state index in [2.05, 4.69) is 24.4 Å². The molecule has 1 aromatic rings. The maximum Gasteiger partial charge on any atom is 0.0545 e. The highest BCUT2D eigenvalue weighted by atomic mass is 35.5. The van der Waals surface area contributed by atoms with Crippen LogP contribution < -0.4 is 5.32 Å². The average molecular weight is 274 g/mol. The largest absolute Gasteiger partial charge is 0.385 e. The van der Waals surface area contributed by atoms with Crippen molar-refractivity contribution in [3.63, 3.8) is 0 Å². The van der Waals surface area contributed by atoms with Crippen LogP contribution in [0.5, 0.6) is 0 Å². The summed E-state index contributed by atoms with van der Waals surface area (Å²) in [5, 5.41) is 4.05. The minimum absolute atomic E-state index is 0.333. The first kappa shape index (κ1) is 14.8. The third-order valence-corrected chi connectivity index (χ3v) is 4.22. The smallest absolute Gasteiger partial charge is 0.0545 e. The van der Waals surface area contributed by atoms with Gasteiger partial charge in [0.1, 0.15) is 0 Å². The normalized spacial score (nSPS) is 12.7. The van der Waals surface area contributed by atoms with Crippen molar-refractivity contribution in [1.29, 1.82) is 0 Å². The summed E-state index contributed by atoms with van der Waals surface area (Å²) < 4.78 is 5.02. The summed E-state index contributed by atoms with van der Waals surface area (Å²) in [4.78, 5) is 1.15. The second kappa shape index (κ2) is 7.98. The summed E-state index contributed by atoms with van der Waals surface area (Å²) in [7, 11) is 3.68. The summed E-state index contributed by atoms with van der Waals surface area (Å²) >= 11 is 8.05. The highest BCUT2D eigenvalue weighted by molar-refractivity contribution is 7.99. The fourth-order valence-electron chi connectivity index (χ4n) is 1.46. The van der Waals surface area contributed by atoms with Crippen LogP contribution in [0.4, 0.5) is 0 Å². The Labute approximate surface area is 113 Å². The van der Waals surface area contributed by atoms with Gasteiger partial charge in [0.05, 0.1) is 5.02 Å². The van der Waals surface area contributed by atoms with E-state index in [1.807, 2.05) is 13.1 Å². The Hall–Kier alpha value is -0.220. The second-order valence-electron chi connectivity index (χ2n) is 3.90. The van der Waals surface area contributed by atoms with Crippen LogP contribution in [-0.4, -0.2) is 26.5 Å². The van der Waals surface area contributed by atoms with Crippen LogP contribution in [0, 0.1) is 0 Å². The number of rotatable bonds is 7. The first-order valence-corrected chi connectivity index (χ1v) is 7.14. The molecule has 4 heteroatoms. The molecule has 2 nitrogen and oxygen atoms in total. The van der Waals surface area contributed by atoms with Gasteiger partial charge in [-0.15, -0.1) is 11.8 Å². The molecule has 17 heavy (non-hydrogen) atoms. The molecule has 0 saturated carbocycles. The fourth-order valence-corrected chi connectivity index (χ4v) is 2.65.